The van der Waals surface area contributed by atoms with Crippen molar-refractivity contribution < 1.29 is 0 Å². The Labute approximate surface area is 111 Å². The minimum Gasteiger partial charge on any atom is -0.354 e. The van der Waals surface area contributed by atoms with Gasteiger partial charge in [0.05, 0.1) is 0 Å². The molecule has 2 aromatic rings. The summed E-state index contributed by atoms with van der Waals surface area (Å²) in [4.78, 5) is 13.1. The molecule has 0 atom stereocenters. The van der Waals surface area contributed by atoms with Gasteiger partial charge in [-0.15, -0.1) is 0 Å². The Morgan fingerprint density at radius 3 is 2.89 bits per heavy atom. The zero-order chi connectivity index (χ0) is 12.8. The third-order valence-electron chi connectivity index (χ3n) is 2.30. The highest BCUT2D eigenvalue weighted by atomic mass is 32.2. The maximum atomic E-state index is 4.51. The molecule has 0 bridgehead atoms. The first-order chi connectivity index (χ1) is 8.79. The number of hydrogen-bond acceptors (Lipinski definition) is 5. The topological polar surface area (TPSA) is 50.7 Å². The van der Waals surface area contributed by atoms with Gasteiger partial charge in [0.15, 0.2) is 0 Å². The Hall–Kier alpha value is -1.62. The Balaban J connectivity index is 2.16. The quantitative estimate of drug-likeness (QED) is 0.837. The van der Waals surface area contributed by atoms with Gasteiger partial charge in [0.2, 0.25) is 5.95 Å². The normalized spacial score (nSPS) is 10.3. The second-order valence-electron chi connectivity index (χ2n) is 3.88. The number of nitrogens with zero attached hydrogens (tertiary/aromatic N) is 3. The molecule has 94 valence electrons. The van der Waals surface area contributed by atoms with Crippen LogP contribution in [-0.2, 0) is 0 Å². The Bertz CT molecular complexity index is 502. The number of aromatic nitrogens is 3. The van der Waals surface area contributed by atoms with Gasteiger partial charge in [-0.1, -0.05) is 13.0 Å². The van der Waals surface area contributed by atoms with E-state index in [0.717, 1.165) is 28.6 Å². The average Bonchev–Trinajstić information content (AvgIpc) is 2.41. The number of aryl methyl sites for hydroxylation is 1. The molecule has 0 aliphatic heterocycles. The molecule has 0 aromatic carbocycles. The molecule has 0 radical (unpaired) electrons. The molecule has 0 fully saturated rings. The van der Waals surface area contributed by atoms with E-state index in [1.165, 1.54) is 0 Å². The summed E-state index contributed by atoms with van der Waals surface area (Å²) in [6.45, 7) is 5.01. The summed E-state index contributed by atoms with van der Waals surface area (Å²) in [6.07, 6.45) is 4.69. The van der Waals surface area contributed by atoms with Crippen LogP contribution in [0.5, 0.6) is 0 Å². The van der Waals surface area contributed by atoms with Crippen LogP contribution < -0.4 is 5.32 Å². The van der Waals surface area contributed by atoms with Crippen LogP contribution in [0.1, 0.15) is 18.9 Å². The van der Waals surface area contributed by atoms with Crippen molar-refractivity contribution in [2.45, 2.75) is 30.3 Å². The van der Waals surface area contributed by atoms with Gasteiger partial charge in [-0.25, -0.2) is 15.0 Å². The monoisotopic (exact) mass is 260 g/mol. The van der Waals surface area contributed by atoms with Crippen LogP contribution in [0, 0.1) is 6.92 Å². The van der Waals surface area contributed by atoms with E-state index in [4.69, 9.17) is 0 Å². The lowest BCUT2D eigenvalue weighted by Gasteiger charge is -2.07. The highest BCUT2D eigenvalue weighted by molar-refractivity contribution is 7.99. The van der Waals surface area contributed by atoms with E-state index >= 15 is 0 Å². The first-order valence-corrected chi connectivity index (χ1v) is 6.77. The van der Waals surface area contributed by atoms with E-state index in [2.05, 4.69) is 27.2 Å². The van der Waals surface area contributed by atoms with E-state index in [0.29, 0.717) is 5.95 Å². The molecular formula is C13H16N4S. The molecule has 0 saturated heterocycles. The maximum absolute atomic E-state index is 4.51. The summed E-state index contributed by atoms with van der Waals surface area (Å²) in [7, 11) is 0. The number of rotatable bonds is 5. The van der Waals surface area contributed by atoms with Crippen LogP contribution in [-0.4, -0.2) is 21.5 Å². The molecule has 5 heteroatoms. The molecule has 0 unspecified atom stereocenters. The molecule has 0 saturated carbocycles. The van der Waals surface area contributed by atoms with Crippen LogP contribution >= 0.6 is 11.8 Å². The van der Waals surface area contributed by atoms with Crippen LogP contribution in [0.25, 0.3) is 0 Å². The van der Waals surface area contributed by atoms with Crippen LogP contribution in [0.15, 0.2) is 40.6 Å². The van der Waals surface area contributed by atoms with Crippen molar-refractivity contribution in [2.24, 2.45) is 0 Å². The molecule has 1 N–H and O–H groups in total. The van der Waals surface area contributed by atoms with Crippen molar-refractivity contribution in [1.82, 2.24) is 15.0 Å². The van der Waals surface area contributed by atoms with Crippen molar-refractivity contribution >= 4 is 17.7 Å². The fraction of sp³-hybridized carbons (Fsp3) is 0.308. The van der Waals surface area contributed by atoms with E-state index in [-0.39, 0.29) is 0 Å². The van der Waals surface area contributed by atoms with Gasteiger partial charge in [-0.2, -0.15) is 0 Å². The summed E-state index contributed by atoms with van der Waals surface area (Å²) in [5.41, 5.74) is 1.06. The first-order valence-electron chi connectivity index (χ1n) is 5.96. The molecule has 18 heavy (non-hydrogen) atoms. The Morgan fingerprint density at radius 1 is 1.28 bits per heavy atom. The van der Waals surface area contributed by atoms with Gasteiger partial charge < -0.3 is 5.32 Å². The van der Waals surface area contributed by atoms with E-state index < -0.39 is 0 Å². The lowest BCUT2D eigenvalue weighted by molar-refractivity contribution is 0.924. The zero-order valence-electron chi connectivity index (χ0n) is 10.6. The van der Waals surface area contributed by atoms with Gasteiger partial charge in [0.1, 0.15) is 10.1 Å². The van der Waals surface area contributed by atoms with Crippen molar-refractivity contribution in [1.29, 1.82) is 0 Å². The molecule has 0 aliphatic rings. The zero-order valence-corrected chi connectivity index (χ0v) is 11.4. The highest BCUT2D eigenvalue weighted by Crippen LogP contribution is 2.26. The second kappa shape index (κ2) is 6.35. The van der Waals surface area contributed by atoms with Crippen molar-refractivity contribution in [3.8, 4) is 0 Å². The maximum Gasteiger partial charge on any atom is 0.223 e. The largest absolute Gasteiger partial charge is 0.354 e. The molecule has 2 aromatic heterocycles. The summed E-state index contributed by atoms with van der Waals surface area (Å²) in [6, 6.07) is 5.86. The molecule has 2 heterocycles. The smallest absolute Gasteiger partial charge is 0.223 e. The standard InChI is InChI=1S/C13H16N4S/c1-3-7-15-13-16-9-10(2)12(17-13)18-11-6-4-5-8-14-11/h4-6,8-9H,3,7H2,1-2H3,(H,15,16,17). The number of hydrogen-bond donors (Lipinski definition) is 1. The predicted octanol–water partition coefficient (Wildman–Crippen LogP) is 3.15. The molecule has 0 amide bonds. The van der Waals surface area contributed by atoms with Gasteiger partial charge in [-0.05, 0) is 37.2 Å². The van der Waals surface area contributed by atoms with E-state index in [9.17, 15) is 0 Å². The molecule has 2 rings (SSSR count). The fourth-order valence-corrected chi connectivity index (χ4v) is 2.16. The van der Waals surface area contributed by atoms with Crippen LogP contribution in [0.2, 0.25) is 0 Å². The minimum absolute atomic E-state index is 0.681. The predicted molar refractivity (Wildman–Crippen MR) is 73.9 cm³/mol. The van der Waals surface area contributed by atoms with Crippen LogP contribution in [0.3, 0.4) is 0 Å². The number of nitrogens with one attached hydrogen (secondary N) is 1. The third-order valence-corrected chi connectivity index (χ3v) is 3.35. The lowest BCUT2D eigenvalue weighted by Crippen LogP contribution is -2.05. The van der Waals surface area contributed by atoms with Gasteiger partial charge in [-0.3, -0.25) is 0 Å². The fourth-order valence-electron chi connectivity index (χ4n) is 1.36. The van der Waals surface area contributed by atoms with Crippen LogP contribution in [0.4, 0.5) is 5.95 Å². The Morgan fingerprint density at radius 2 is 2.17 bits per heavy atom. The van der Waals surface area contributed by atoms with Crippen molar-refractivity contribution in [3.05, 3.63) is 36.2 Å². The first kappa shape index (κ1) is 12.8. The van der Waals surface area contributed by atoms with Gasteiger partial charge in [0.25, 0.3) is 0 Å². The van der Waals surface area contributed by atoms with Gasteiger partial charge >= 0.3 is 0 Å². The van der Waals surface area contributed by atoms with Crippen molar-refractivity contribution in [3.63, 3.8) is 0 Å². The van der Waals surface area contributed by atoms with E-state index in [1.807, 2.05) is 31.3 Å². The SMILES string of the molecule is CCCNc1ncc(C)c(Sc2ccccn2)n1. The summed E-state index contributed by atoms with van der Waals surface area (Å²) in [5, 5.41) is 5.08. The second-order valence-corrected chi connectivity index (χ2v) is 4.89. The molecular weight excluding hydrogens is 244 g/mol. The summed E-state index contributed by atoms with van der Waals surface area (Å²) < 4.78 is 0. The number of pyridine rings is 1. The summed E-state index contributed by atoms with van der Waals surface area (Å²) in [5.74, 6) is 0.681. The summed E-state index contributed by atoms with van der Waals surface area (Å²) >= 11 is 1.56. The minimum atomic E-state index is 0.681. The van der Waals surface area contributed by atoms with Gasteiger partial charge in [0, 0.05) is 24.5 Å². The number of anilines is 1. The lowest BCUT2D eigenvalue weighted by atomic mass is 10.4. The molecule has 0 aliphatic carbocycles. The third kappa shape index (κ3) is 3.43. The van der Waals surface area contributed by atoms with Crippen molar-refractivity contribution in [2.75, 3.05) is 11.9 Å². The van der Waals surface area contributed by atoms with E-state index in [1.54, 1.807) is 18.0 Å². The average molecular weight is 260 g/mol. The molecule has 4 nitrogen and oxygen atoms in total. The Kier molecular flexibility index (Phi) is 4.52. The highest BCUT2D eigenvalue weighted by Gasteiger charge is 2.06. The molecule has 0 spiro atoms.